The molecule has 0 bridgehead atoms. The standard InChI is InChI=1S/C23H30N4O2S2/c1-5-26(6-2)31(28,29)21-14-10-13-20(17-21)22-24-25-23(30-18(3)4)27(22)16-15-19-11-8-7-9-12-19/h7-14,17-18H,5-6,15-16H2,1-4H3. The third-order valence-corrected chi connectivity index (χ3v) is 7.99. The summed E-state index contributed by atoms with van der Waals surface area (Å²) >= 11 is 1.66. The molecule has 0 spiro atoms. The van der Waals surface area contributed by atoms with Gasteiger partial charge < -0.3 is 4.57 Å². The van der Waals surface area contributed by atoms with Gasteiger partial charge in [0.1, 0.15) is 0 Å². The van der Waals surface area contributed by atoms with E-state index in [-0.39, 0.29) is 4.90 Å². The van der Waals surface area contributed by atoms with E-state index in [1.54, 1.807) is 30.0 Å². The van der Waals surface area contributed by atoms with Gasteiger partial charge in [0.2, 0.25) is 10.0 Å². The van der Waals surface area contributed by atoms with Gasteiger partial charge in [-0.1, -0.05) is 81.9 Å². The summed E-state index contributed by atoms with van der Waals surface area (Å²) < 4.78 is 29.6. The van der Waals surface area contributed by atoms with Crippen LogP contribution in [-0.4, -0.2) is 45.8 Å². The number of rotatable bonds is 10. The van der Waals surface area contributed by atoms with Crippen molar-refractivity contribution < 1.29 is 8.42 Å². The van der Waals surface area contributed by atoms with Gasteiger partial charge in [0.05, 0.1) is 4.90 Å². The SMILES string of the molecule is CCN(CC)S(=O)(=O)c1cccc(-c2nnc(SC(C)C)n2CCc2ccccc2)c1. The van der Waals surface area contributed by atoms with Crippen LogP contribution in [0.3, 0.4) is 0 Å². The smallest absolute Gasteiger partial charge is 0.243 e. The van der Waals surface area contributed by atoms with Crippen LogP contribution in [0.1, 0.15) is 33.3 Å². The molecule has 1 aromatic heterocycles. The van der Waals surface area contributed by atoms with E-state index in [9.17, 15) is 8.42 Å². The molecule has 1 heterocycles. The van der Waals surface area contributed by atoms with E-state index in [2.05, 4.69) is 40.7 Å². The van der Waals surface area contributed by atoms with E-state index < -0.39 is 10.0 Å². The Kier molecular flexibility index (Phi) is 7.91. The number of hydrogen-bond acceptors (Lipinski definition) is 5. The van der Waals surface area contributed by atoms with Crippen LogP contribution in [0.25, 0.3) is 11.4 Å². The Hall–Kier alpha value is -2.16. The molecule has 0 aliphatic rings. The molecule has 0 aliphatic heterocycles. The van der Waals surface area contributed by atoms with Crippen molar-refractivity contribution in [2.45, 2.75) is 56.0 Å². The van der Waals surface area contributed by atoms with Crippen molar-refractivity contribution in [2.75, 3.05) is 13.1 Å². The van der Waals surface area contributed by atoms with Crippen LogP contribution < -0.4 is 0 Å². The number of aromatic nitrogens is 3. The van der Waals surface area contributed by atoms with E-state index in [4.69, 9.17) is 0 Å². The Balaban J connectivity index is 1.99. The first kappa shape index (κ1) is 23.5. The third-order valence-electron chi connectivity index (χ3n) is 4.96. The molecule has 0 radical (unpaired) electrons. The van der Waals surface area contributed by atoms with Gasteiger partial charge in [-0.15, -0.1) is 10.2 Å². The third kappa shape index (κ3) is 5.56. The van der Waals surface area contributed by atoms with E-state index in [1.807, 2.05) is 38.1 Å². The lowest BCUT2D eigenvalue weighted by molar-refractivity contribution is 0.445. The van der Waals surface area contributed by atoms with Gasteiger partial charge in [-0.25, -0.2) is 8.42 Å². The molecule has 2 aromatic carbocycles. The summed E-state index contributed by atoms with van der Waals surface area (Å²) in [5, 5.41) is 10.1. The van der Waals surface area contributed by atoms with Gasteiger partial charge in [0.15, 0.2) is 11.0 Å². The van der Waals surface area contributed by atoms with Crippen LogP contribution in [0.4, 0.5) is 0 Å². The van der Waals surface area contributed by atoms with E-state index in [0.29, 0.717) is 30.7 Å². The first-order valence-electron chi connectivity index (χ1n) is 10.6. The van der Waals surface area contributed by atoms with Gasteiger partial charge in [-0.2, -0.15) is 4.31 Å². The number of nitrogens with zero attached hydrogens (tertiary/aromatic N) is 4. The molecule has 0 aliphatic carbocycles. The number of benzene rings is 2. The van der Waals surface area contributed by atoms with Gasteiger partial charge in [-0.3, -0.25) is 0 Å². The molecule has 0 atom stereocenters. The first-order chi connectivity index (χ1) is 14.9. The fraction of sp³-hybridized carbons (Fsp3) is 0.391. The van der Waals surface area contributed by atoms with Crippen LogP contribution >= 0.6 is 11.8 Å². The quantitative estimate of drug-likeness (QED) is 0.411. The molecule has 31 heavy (non-hydrogen) atoms. The molecule has 8 heteroatoms. The van der Waals surface area contributed by atoms with Crippen molar-refractivity contribution in [3.8, 4) is 11.4 Å². The summed E-state index contributed by atoms with van der Waals surface area (Å²) in [6.07, 6.45) is 0.842. The minimum absolute atomic E-state index is 0.282. The molecule has 3 rings (SSSR count). The predicted octanol–water partition coefficient (Wildman–Crippen LogP) is 4.72. The van der Waals surface area contributed by atoms with Crippen molar-refractivity contribution in [1.82, 2.24) is 19.1 Å². The topological polar surface area (TPSA) is 68.1 Å². The van der Waals surface area contributed by atoms with Crippen LogP contribution in [0.2, 0.25) is 0 Å². The maximum absolute atomic E-state index is 13.0. The zero-order valence-corrected chi connectivity index (χ0v) is 20.2. The predicted molar refractivity (Wildman–Crippen MR) is 127 cm³/mol. The minimum atomic E-state index is -3.54. The summed E-state index contributed by atoms with van der Waals surface area (Å²) in [7, 11) is -3.54. The highest BCUT2D eigenvalue weighted by atomic mass is 32.2. The van der Waals surface area contributed by atoms with Crippen LogP contribution in [0.5, 0.6) is 0 Å². The molecule has 0 N–H and O–H groups in total. The summed E-state index contributed by atoms with van der Waals surface area (Å²) in [5.41, 5.74) is 1.99. The van der Waals surface area contributed by atoms with E-state index in [0.717, 1.165) is 17.1 Å². The Labute approximate surface area is 189 Å². The molecule has 166 valence electrons. The molecule has 0 fully saturated rings. The fourth-order valence-corrected chi connectivity index (χ4v) is 5.71. The van der Waals surface area contributed by atoms with Gasteiger partial charge in [0.25, 0.3) is 0 Å². The first-order valence-corrected chi connectivity index (χ1v) is 12.9. The minimum Gasteiger partial charge on any atom is -0.302 e. The molecule has 3 aromatic rings. The lowest BCUT2D eigenvalue weighted by atomic mass is 10.1. The number of aryl methyl sites for hydroxylation is 1. The van der Waals surface area contributed by atoms with Gasteiger partial charge >= 0.3 is 0 Å². The summed E-state index contributed by atoms with van der Waals surface area (Å²) in [5.74, 6) is 0.690. The van der Waals surface area contributed by atoms with Crippen LogP contribution in [0, 0.1) is 0 Å². The monoisotopic (exact) mass is 458 g/mol. The highest BCUT2D eigenvalue weighted by Gasteiger charge is 2.23. The molecule has 0 amide bonds. The molecular weight excluding hydrogens is 428 g/mol. The van der Waals surface area contributed by atoms with Crippen molar-refractivity contribution in [1.29, 1.82) is 0 Å². The Bertz CT molecular complexity index is 1090. The van der Waals surface area contributed by atoms with Crippen molar-refractivity contribution in [3.05, 3.63) is 60.2 Å². The molecule has 0 saturated heterocycles. The average molecular weight is 459 g/mol. The second-order valence-electron chi connectivity index (χ2n) is 7.48. The lowest BCUT2D eigenvalue weighted by Crippen LogP contribution is -2.30. The molecule has 0 saturated carbocycles. The zero-order valence-electron chi connectivity index (χ0n) is 18.5. The molecule has 0 unspecified atom stereocenters. The van der Waals surface area contributed by atoms with Gasteiger partial charge in [0, 0.05) is 30.4 Å². The van der Waals surface area contributed by atoms with Crippen LogP contribution in [-0.2, 0) is 23.0 Å². The average Bonchev–Trinajstić information content (AvgIpc) is 3.15. The summed E-state index contributed by atoms with van der Waals surface area (Å²) in [6.45, 7) is 9.53. The Morgan fingerprint density at radius 1 is 1.00 bits per heavy atom. The number of thioether (sulfide) groups is 1. The largest absolute Gasteiger partial charge is 0.302 e. The Morgan fingerprint density at radius 3 is 2.35 bits per heavy atom. The number of sulfonamides is 1. The van der Waals surface area contributed by atoms with E-state index >= 15 is 0 Å². The highest BCUT2D eigenvalue weighted by Crippen LogP contribution is 2.29. The van der Waals surface area contributed by atoms with Crippen molar-refractivity contribution in [2.24, 2.45) is 0 Å². The van der Waals surface area contributed by atoms with Crippen LogP contribution in [0.15, 0.2) is 64.6 Å². The fourth-order valence-electron chi connectivity index (χ4n) is 3.40. The molecular formula is C23H30N4O2S2. The van der Waals surface area contributed by atoms with Crippen molar-refractivity contribution in [3.63, 3.8) is 0 Å². The second kappa shape index (κ2) is 10.4. The maximum Gasteiger partial charge on any atom is 0.243 e. The van der Waals surface area contributed by atoms with E-state index in [1.165, 1.54) is 9.87 Å². The van der Waals surface area contributed by atoms with Gasteiger partial charge in [-0.05, 0) is 24.1 Å². The highest BCUT2D eigenvalue weighted by molar-refractivity contribution is 7.99. The van der Waals surface area contributed by atoms with Crippen molar-refractivity contribution >= 4 is 21.8 Å². The maximum atomic E-state index is 13.0. The normalized spacial score (nSPS) is 12.1. The second-order valence-corrected chi connectivity index (χ2v) is 11.0. The number of hydrogen-bond donors (Lipinski definition) is 0. The summed E-state index contributed by atoms with van der Waals surface area (Å²) in [6, 6.07) is 17.3. The zero-order chi connectivity index (χ0) is 22.4. The molecule has 6 nitrogen and oxygen atoms in total. The Morgan fingerprint density at radius 2 is 1.71 bits per heavy atom. The summed E-state index contributed by atoms with van der Waals surface area (Å²) in [4.78, 5) is 0.282. The lowest BCUT2D eigenvalue weighted by Gasteiger charge is -2.19.